The molecule has 0 bridgehead atoms. The van der Waals surface area contributed by atoms with Crippen molar-refractivity contribution in [3.8, 4) is 17.1 Å². The zero-order valence-corrected chi connectivity index (χ0v) is 68.7. The second-order valence-corrected chi connectivity index (χ2v) is 32.0. The van der Waals surface area contributed by atoms with Crippen molar-refractivity contribution in [2.75, 3.05) is 80.3 Å². The predicted octanol–water partition coefficient (Wildman–Crippen LogP) is 20.6. The Hall–Kier alpha value is -16.3. The van der Waals surface area contributed by atoms with Crippen molar-refractivity contribution < 1.29 is 14.1 Å². The van der Waals surface area contributed by atoms with Gasteiger partial charge in [-0.05, 0) is 174 Å². The molecular weight excluding hydrogens is 1640 g/mol. The SMILES string of the molecule is COc1cccc(N2CCN(c3nc(Nc4ccc5[nH]ncc5c4)c4sccc4n3)CC2)c1.Cc1cc(Nc2nc(Nc3ccc4[nH]ncc4c3)c3sccc3n2)ncc1[N+](=O)[O-].c1cc(Nc2nc(Nc3ccc4[nH]ncc4c3)c3sccc3n2)cc(-c2cnco2)c1.c1ccc2nc(Nc3nc(Nc4ccc5[nH]ncc5c4)c4sccc4n3)ccc2c1. The summed E-state index contributed by atoms with van der Waals surface area (Å²) in [5.41, 5.74) is 15.5. The molecular formula is C87H67N29O4S4. The molecule has 1 fully saturated rings. The summed E-state index contributed by atoms with van der Waals surface area (Å²) in [6.07, 6.45) is 11.5. The lowest BCUT2D eigenvalue weighted by Gasteiger charge is -2.36. The van der Waals surface area contributed by atoms with Crippen molar-refractivity contribution in [3.63, 3.8) is 0 Å². The number of nitrogens with zero attached hydrogens (tertiary/aromatic N) is 18. The molecule has 0 spiro atoms. The van der Waals surface area contributed by atoms with Gasteiger partial charge >= 0.3 is 0 Å². The maximum atomic E-state index is 11.0. The highest BCUT2D eigenvalue weighted by Crippen LogP contribution is 2.38. The van der Waals surface area contributed by atoms with Crippen LogP contribution in [0.5, 0.6) is 5.75 Å². The largest absolute Gasteiger partial charge is 0.497 e. The Morgan fingerprint density at radius 1 is 0.411 bits per heavy atom. The highest BCUT2D eigenvalue weighted by atomic mass is 32.1. The summed E-state index contributed by atoms with van der Waals surface area (Å²) in [4.78, 5) is 65.6. The molecule has 124 heavy (non-hydrogen) atoms. The molecule has 16 heterocycles. The van der Waals surface area contributed by atoms with Crippen LogP contribution in [0.2, 0.25) is 0 Å². The molecule has 0 unspecified atom stereocenters. The molecule has 0 saturated carbocycles. The quantitative estimate of drug-likeness (QED) is 0.0264. The number of fused-ring (bicyclic) bond motifs is 9. The number of hydrogen-bond donors (Lipinski definition) is 11. The number of rotatable bonds is 19. The van der Waals surface area contributed by atoms with Crippen LogP contribution in [-0.4, -0.2) is 134 Å². The van der Waals surface area contributed by atoms with Gasteiger partial charge in [0.25, 0.3) is 5.69 Å². The third kappa shape index (κ3) is 16.7. The maximum absolute atomic E-state index is 11.0. The zero-order valence-electron chi connectivity index (χ0n) is 65.4. The van der Waals surface area contributed by atoms with Gasteiger partial charge in [-0.2, -0.15) is 40.3 Å². The van der Waals surface area contributed by atoms with Crippen LogP contribution < -0.4 is 51.8 Å². The van der Waals surface area contributed by atoms with Crippen LogP contribution in [0.15, 0.2) is 258 Å². The number of benzene rings is 7. The third-order valence-electron chi connectivity index (χ3n) is 20.2. The lowest BCUT2D eigenvalue weighted by atomic mass is 10.1. The van der Waals surface area contributed by atoms with E-state index in [2.05, 4.69) is 152 Å². The Balaban J connectivity index is 0.000000105. The molecule has 1 aliphatic heterocycles. The van der Waals surface area contributed by atoms with Crippen molar-refractivity contribution in [1.82, 2.24) is 95.6 Å². The number of nitrogens with one attached hydrogen (secondary N) is 11. The Morgan fingerprint density at radius 2 is 0.887 bits per heavy atom. The minimum Gasteiger partial charge on any atom is -0.497 e. The van der Waals surface area contributed by atoms with Crippen LogP contribution in [0.4, 0.5) is 98.5 Å². The number of aromatic amines is 4. The third-order valence-corrected chi connectivity index (χ3v) is 23.8. The van der Waals surface area contributed by atoms with E-state index in [0.717, 1.165) is 185 Å². The Kier molecular flexibility index (Phi) is 20.9. The molecule has 37 heteroatoms. The van der Waals surface area contributed by atoms with Crippen molar-refractivity contribution >= 4 is 239 Å². The van der Waals surface area contributed by atoms with E-state index in [1.165, 1.54) is 29.6 Å². The number of aryl methyl sites for hydroxylation is 1. The van der Waals surface area contributed by atoms with Crippen molar-refractivity contribution in [2.24, 2.45) is 0 Å². The molecule has 0 radical (unpaired) electrons. The first-order chi connectivity index (χ1) is 61.0. The van der Waals surface area contributed by atoms with Gasteiger partial charge in [0.05, 0.1) is 111 Å². The van der Waals surface area contributed by atoms with Crippen molar-refractivity contribution in [2.45, 2.75) is 6.92 Å². The fraction of sp³-hybridized carbons (Fsp3) is 0.0690. The number of piperazine rings is 1. The number of para-hydroxylation sites is 1. The van der Waals surface area contributed by atoms with Gasteiger partial charge in [0.15, 0.2) is 35.4 Å². The molecule has 1 saturated heterocycles. The monoisotopic (exact) mass is 1710 g/mol. The molecule has 22 aromatic rings. The summed E-state index contributed by atoms with van der Waals surface area (Å²) in [6, 6.07) is 61.7. The van der Waals surface area contributed by atoms with Gasteiger partial charge in [-0.1, -0.05) is 36.4 Å². The second-order valence-electron chi connectivity index (χ2n) is 28.3. The van der Waals surface area contributed by atoms with Crippen LogP contribution in [0.25, 0.3) is 107 Å². The minimum atomic E-state index is -0.459. The first kappa shape index (κ1) is 76.4. The van der Waals surface area contributed by atoms with Gasteiger partial charge in [-0.3, -0.25) is 30.5 Å². The number of thiophene rings is 4. The van der Waals surface area contributed by atoms with Gasteiger partial charge in [0.1, 0.15) is 23.6 Å². The van der Waals surface area contributed by atoms with Gasteiger partial charge in [0, 0.05) is 104 Å². The summed E-state index contributed by atoms with van der Waals surface area (Å²) in [6.45, 7) is 5.17. The fourth-order valence-electron chi connectivity index (χ4n) is 14.1. The molecule has 23 rings (SSSR count). The van der Waals surface area contributed by atoms with E-state index >= 15 is 0 Å². The summed E-state index contributed by atoms with van der Waals surface area (Å²) in [5, 5.41) is 75.7. The summed E-state index contributed by atoms with van der Waals surface area (Å²) >= 11 is 6.39. The lowest BCUT2D eigenvalue weighted by molar-refractivity contribution is -0.385. The average Bonchev–Trinajstić information content (AvgIpc) is 1.60. The number of hydrogen-bond acceptors (Lipinski definition) is 32. The lowest BCUT2D eigenvalue weighted by Crippen LogP contribution is -2.47. The molecule has 608 valence electrons. The smallest absolute Gasteiger partial charge is 0.290 e. The molecule has 33 nitrogen and oxygen atoms in total. The van der Waals surface area contributed by atoms with E-state index in [1.54, 1.807) is 78.9 Å². The normalized spacial score (nSPS) is 12.0. The fourth-order valence-corrected chi connectivity index (χ4v) is 17.2. The molecule has 15 aromatic heterocycles. The summed E-state index contributed by atoms with van der Waals surface area (Å²) < 4.78 is 14.7. The predicted molar refractivity (Wildman–Crippen MR) is 494 cm³/mol. The molecule has 0 aliphatic carbocycles. The number of aromatic nitrogens is 19. The number of pyridine rings is 2. The molecule has 7 aromatic carbocycles. The topological polar surface area (TPSA) is 413 Å². The van der Waals surface area contributed by atoms with Gasteiger partial charge in [-0.25, -0.2) is 34.9 Å². The number of methoxy groups -OCH3 is 1. The van der Waals surface area contributed by atoms with E-state index in [9.17, 15) is 10.1 Å². The number of nitro groups is 1. The molecule has 0 atom stereocenters. The number of H-pyrrole nitrogens is 4. The summed E-state index contributed by atoms with van der Waals surface area (Å²) in [7, 11) is 1.70. The molecule has 1 aliphatic rings. The standard InChI is InChI=1S/C24H23N7OS.C22H15N7OS.C22H15N7S.C19H14N8O2S/c1-32-19-4-2-3-18(14-19)30-8-10-31(11-9-30)24-27-21-7-12-33-22(21)23(28-24)26-17-5-6-20-16(13-17)15-25-29-20;1-2-13(19-11-23-12-30-19)8-15(3-1)26-22-27-18-6-7-31-20(18)21(28-22)25-16-4-5-17-14(9-16)10-24-29-17;1-2-4-16-13(3-1)5-8-19(25-16)27-22-26-18-9-10-30-20(18)21(28-22)24-15-6-7-17-14(11-15)12-23-29-17;1-10-6-16(20-9-15(10)27(28)29)24-19-23-14-4-5-30-17(14)18(25-19)22-12-2-3-13-11(7-12)8-21-26-13/h2-7,12-15H,8-11H2,1H3,(H,25,29)(H,26,27,28);1-12H,(H,24,29)(H2,25,26,27,28);1-12H,(H,23,29)(H2,24,25,26,27,28);2-9H,1H3,(H,21,26)(H2,20,22,23,24,25). The Bertz CT molecular complexity index is 7640. The van der Waals surface area contributed by atoms with Gasteiger partial charge in [-0.15, -0.1) is 45.3 Å². The van der Waals surface area contributed by atoms with E-state index in [4.69, 9.17) is 29.1 Å². The maximum Gasteiger partial charge on any atom is 0.290 e. The van der Waals surface area contributed by atoms with E-state index in [0.29, 0.717) is 46.6 Å². The number of oxazole rings is 1. The van der Waals surface area contributed by atoms with E-state index in [1.807, 2.05) is 180 Å². The van der Waals surface area contributed by atoms with E-state index < -0.39 is 4.92 Å². The summed E-state index contributed by atoms with van der Waals surface area (Å²) in [5.74, 6) is 7.81. The van der Waals surface area contributed by atoms with Gasteiger partial charge < -0.3 is 56.2 Å². The first-order valence-corrected chi connectivity index (χ1v) is 42.2. The van der Waals surface area contributed by atoms with Crippen LogP contribution in [0, 0.1) is 17.0 Å². The van der Waals surface area contributed by atoms with Crippen LogP contribution in [0.1, 0.15) is 5.56 Å². The van der Waals surface area contributed by atoms with Crippen molar-refractivity contribution in [1.29, 1.82) is 0 Å². The number of ether oxygens (including phenoxy) is 1. The average molecular weight is 1710 g/mol. The zero-order chi connectivity index (χ0) is 83.4. The van der Waals surface area contributed by atoms with Crippen LogP contribution in [-0.2, 0) is 0 Å². The Labute approximate surface area is 717 Å². The first-order valence-electron chi connectivity index (χ1n) is 38.7. The molecule has 11 N–H and O–H groups in total. The molecule has 0 amide bonds. The second kappa shape index (κ2) is 33.9. The van der Waals surface area contributed by atoms with Crippen LogP contribution in [0.3, 0.4) is 0 Å². The Morgan fingerprint density at radius 3 is 1.39 bits per heavy atom. The highest BCUT2D eigenvalue weighted by Gasteiger charge is 2.24. The minimum absolute atomic E-state index is 0.0354. The van der Waals surface area contributed by atoms with Gasteiger partial charge in [0.2, 0.25) is 23.8 Å². The highest BCUT2D eigenvalue weighted by molar-refractivity contribution is 7.18. The van der Waals surface area contributed by atoms with E-state index in [-0.39, 0.29) is 5.69 Å². The van der Waals surface area contributed by atoms with Crippen molar-refractivity contribution in [3.05, 3.63) is 269 Å². The van der Waals surface area contributed by atoms with Crippen LogP contribution >= 0.6 is 45.3 Å². The number of anilines is 16.